The monoisotopic (exact) mass is 250 g/mol. The van der Waals surface area contributed by atoms with E-state index in [0.29, 0.717) is 0 Å². The summed E-state index contributed by atoms with van der Waals surface area (Å²) in [6.45, 7) is 0. The summed E-state index contributed by atoms with van der Waals surface area (Å²) in [6, 6.07) is 21.4. The number of hydrogen-bond acceptors (Lipinski definition) is 0. The summed E-state index contributed by atoms with van der Waals surface area (Å²) >= 11 is 0. The molecule has 0 atom stereocenters. The third-order valence-corrected chi connectivity index (χ3v) is 3.29. The molecule has 0 N–H and O–H groups in total. The average Bonchev–Trinajstić information content (AvgIpc) is 2.48. The van der Waals surface area contributed by atoms with Crippen LogP contribution in [0.3, 0.4) is 0 Å². The molecule has 0 spiro atoms. The zero-order valence-corrected chi connectivity index (χ0v) is 11.5. The Bertz CT molecular complexity index is 468. The third-order valence-electron chi connectivity index (χ3n) is 3.29. The Morgan fingerprint density at radius 1 is 0.579 bits per heavy atom. The van der Waals surface area contributed by atoms with Gasteiger partial charge in [-0.1, -0.05) is 72.8 Å². The third kappa shape index (κ3) is 5.56. The molecule has 0 aromatic heterocycles. The number of allylic oxidation sites excluding steroid dienone is 2. The van der Waals surface area contributed by atoms with E-state index in [9.17, 15) is 0 Å². The predicted molar refractivity (Wildman–Crippen MR) is 83.3 cm³/mol. The SMILES string of the molecule is C(=C\CCc1ccccc1)/CCCc1ccccc1. The van der Waals surface area contributed by atoms with Gasteiger partial charge in [-0.3, -0.25) is 0 Å². The van der Waals surface area contributed by atoms with E-state index in [1.165, 1.54) is 30.4 Å². The van der Waals surface area contributed by atoms with Crippen molar-refractivity contribution < 1.29 is 0 Å². The molecular formula is C19H22. The minimum Gasteiger partial charge on any atom is -0.0885 e. The van der Waals surface area contributed by atoms with Gasteiger partial charge >= 0.3 is 0 Å². The van der Waals surface area contributed by atoms with Crippen LogP contribution < -0.4 is 0 Å². The lowest BCUT2D eigenvalue weighted by atomic mass is 10.1. The minimum atomic E-state index is 1.15. The van der Waals surface area contributed by atoms with Crippen molar-refractivity contribution in [1.29, 1.82) is 0 Å². The van der Waals surface area contributed by atoms with Crippen LogP contribution in [0.15, 0.2) is 72.8 Å². The number of benzene rings is 2. The van der Waals surface area contributed by atoms with Crippen molar-refractivity contribution in [1.82, 2.24) is 0 Å². The molecule has 0 nitrogen and oxygen atoms in total. The van der Waals surface area contributed by atoms with E-state index in [1.54, 1.807) is 0 Å². The summed E-state index contributed by atoms with van der Waals surface area (Å²) in [7, 11) is 0. The lowest BCUT2D eigenvalue weighted by Gasteiger charge is -1.98. The highest BCUT2D eigenvalue weighted by molar-refractivity contribution is 5.15. The van der Waals surface area contributed by atoms with Crippen LogP contribution in [0.5, 0.6) is 0 Å². The van der Waals surface area contributed by atoms with Gasteiger partial charge in [-0.05, 0) is 43.2 Å². The number of unbranched alkanes of at least 4 members (excludes halogenated alkanes) is 1. The molecule has 0 aliphatic heterocycles. The van der Waals surface area contributed by atoms with E-state index >= 15 is 0 Å². The van der Waals surface area contributed by atoms with Crippen molar-refractivity contribution in [2.75, 3.05) is 0 Å². The molecule has 2 aromatic rings. The predicted octanol–water partition coefficient (Wildman–Crippen LogP) is 5.20. The van der Waals surface area contributed by atoms with Gasteiger partial charge in [-0.25, -0.2) is 0 Å². The zero-order valence-electron chi connectivity index (χ0n) is 11.5. The molecule has 98 valence electrons. The quantitative estimate of drug-likeness (QED) is 0.468. The number of aryl methyl sites for hydroxylation is 2. The minimum absolute atomic E-state index is 1.15. The standard InChI is InChI=1S/C19H22/c1(2-6-12-18-14-8-4-9-15-18)3-7-13-19-16-10-5-11-17-19/h1-2,4-5,8-11,14-17H,3,6-7,12-13H2/b2-1+. The Labute approximate surface area is 116 Å². The summed E-state index contributed by atoms with van der Waals surface area (Å²) in [6.07, 6.45) is 10.6. The maximum absolute atomic E-state index is 2.33. The van der Waals surface area contributed by atoms with Crippen LogP contribution in [0.2, 0.25) is 0 Å². The van der Waals surface area contributed by atoms with Crippen molar-refractivity contribution in [3.8, 4) is 0 Å². The first-order chi connectivity index (χ1) is 9.45. The van der Waals surface area contributed by atoms with Crippen LogP contribution >= 0.6 is 0 Å². The summed E-state index contributed by atoms with van der Waals surface area (Å²) < 4.78 is 0. The number of hydrogen-bond donors (Lipinski definition) is 0. The molecule has 0 heteroatoms. The van der Waals surface area contributed by atoms with Crippen LogP contribution in [0.1, 0.15) is 30.4 Å². The van der Waals surface area contributed by atoms with E-state index in [-0.39, 0.29) is 0 Å². The molecule has 0 bridgehead atoms. The molecule has 0 fully saturated rings. The summed E-state index contributed by atoms with van der Waals surface area (Å²) in [5, 5.41) is 0. The fraction of sp³-hybridized carbons (Fsp3) is 0.263. The van der Waals surface area contributed by atoms with Crippen molar-refractivity contribution in [3.05, 3.63) is 83.9 Å². The molecule has 0 aliphatic carbocycles. The molecule has 0 saturated heterocycles. The summed E-state index contributed by atoms with van der Waals surface area (Å²) in [5.74, 6) is 0. The van der Waals surface area contributed by atoms with Gasteiger partial charge in [0, 0.05) is 0 Å². The van der Waals surface area contributed by atoms with Crippen molar-refractivity contribution in [3.63, 3.8) is 0 Å². The van der Waals surface area contributed by atoms with Crippen LogP contribution in [0.4, 0.5) is 0 Å². The fourth-order valence-corrected chi connectivity index (χ4v) is 2.20. The first kappa shape index (κ1) is 13.6. The molecule has 0 radical (unpaired) electrons. The molecule has 0 heterocycles. The van der Waals surface area contributed by atoms with Gasteiger partial charge in [0.2, 0.25) is 0 Å². The Morgan fingerprint density at radius 3 is 1.74 bits per heavy atom. The first-order valence-corrected chi connectivity index (χ1v) is 7.18. The second kappa shape index (κ2) is 8.31. The lowest BCUT2D eigenvalue weighted by molar-refractivity contribution is 0.838. The van der Waals surface area contributed by atoms with E-state index < -0.39 is 0 Å². The first-order valence-electron chi connectivity index (χ1n) is 7.18. The smallest absolute Gasteiger partial charge is 0.0244 e. The van der Waals surface area contributed by atoms with E-state index in [0.717, 1.165) is 12.8 Å². The Morgan fingerprint density at radius 2 is 1.11 bits per heavy atom. The molecule has 19 heavy (non-hydrogen) atoms. The van der Waals surface area contributed by atoms with Crippen LogP contribution in [0.25, 0.3) is 0 Å². The van der Waals surface area contributed by atoms with Gasteiger partial charge in [0.25, 0.3) is 0 Å². The van der Waals surface area contributed by atoms with Gasteiger partial charge < -0.3 is 0 Å². The largest absolute Gasteiger partial charge is 0.0885 e. The Balaban J connectivity index is 1.57. The second-order valence-electron chi connectivity index (χ2n) is 4.87. The van der Waals surface area contributed by atoms with Gasteiger partial charge in [0.1, 0.15) is 0 Å². The van der Waals surface area contributed by atoms with Gasteiger partial charge in [-0.15, -0.1) is 0 Å². The topological polar surface area (TPSA) is 0 Å². The van der Waals surface area contributed by atoms with Crippen LogP contribution in [-0.2, 0) is 12.8 Å². The Kier molecular flexibility index (Phi) is 5.95. The van der Waals surface area contributed by atoms with Crippen LogP contribution in [-0.4, -0.2) is 0 Å². The maximum Gasteiger partial charge on any atom is -0.0244 e. The van der Waals surface area contributed by atoms with Gasteiger partial charge in [-0.2, -0.15) is 0 Å². The Hall–Kier alpha value is -1.82. The van der Waals surface area contributed by atoms with E-state index in [1.807, 2.05) is 0 Å². The average molecular weight is 250 g/mol. The maximum atomic E-state index is 2.33. The fourth-order valence-electron chi connectivity index (χ4n) is 2.20. The zero-order chi connectivity index (χ0) is 13.2. The highest BCUT2D eigenvalue weighted by Gasteiger charge is 1.90. The summed E-state index contributed by atoms with van der Waals surface area (Å²) in [4.78, 5) is 0. The molecule has 0 saturated carbocycles. The highest BCUT2D eigenvalue weighted by atomic mass is 14.0. The molecule has 0 unspecified atom stereocenters. The van der Waals surface area contributed by atoms with Crippen molar-refractivity contribution in [2.24, 2.45) is 0 Å². The molecule has 2 rings (SSSR count). The van der Waals surface area contributed by atoms with E-state index in [4.69, 9.17) is 0 Å². The van der Waals surface area contributed by atoms with E-state index in [2.05, 4.69) is 72.8 Å². The van der Waals surface area contributed by atoms with Crippen LogP contribution in [0, 0.1) is 0 Å². The van der Waals surface area contributed by atoms with Gasteiger partial charge in [0.05, 0.1) is 0 Å². The lowest BCUT2D eigenvalue weighted by Crippen LogP contribution is -1.83. The number of rotatable bonds is 7. The summed E-state index contributed by atoms with van der Waals surface area (Å²) in [5.41, 5.74) is 2.87. The molecule has 0 aliphatic rings. The molecule has 2 aromatic carbocycles. The molecular weight excluding hydrogens is 228 g/mol. The van der Waals surface area contributed by atoms with Gasteiger partial charge in [0.15, 0.2) is 0 Å². The highest BCUT2D eigenvalue weighted by Crippen LogP contribution is 2.06. The van der Waals surface area contributed by atoms with Crippen molar-refractivity contribution in [2.45, 2.75) is 32.1 Å². The normalized spacial score (nSPS) is 10.9. The second-order valence-corrected chi connectivity index (χ2v) is 4.87. The molecule has 0 amide bonds. The van der Waals surface area contributed by atoms with Crippen molar-refractivity contribution >= 4 is 0 Å².